The number of alkyl carbamates (subject to hydrolysis) is 1. The van der Waals surface area contributed by atoms with E-state index >= 15 is 0 Å². The van der Waals surface area contributed by atoms with Gasteiger partial charge in [0.2, 0.25) is 0 Å². The summed E-state index contributed by atoms with van der Waals surface area (Å²) in [4.78, 5) is 11.9. The predicted octanol–water partition coefficient (Wildman–Crippen LogP) is 1.86. The van der Waals surface area contributed by atoms with Crippen LogP contribution in [0.1, 0.15) is 46.1 Å². The number of nitrogens with zero attached hydrogens (tertiary/aromatic N) is 2. The second-order valence-corrected chi connectivity index (χ2v) is 6.27. The fraction of sp³-hybridized carbons (Fsp3) is 0.714. The first-order valence-electron chi connectivity index (χ1n) is 7.02. The van der Waals surface area contributed by atoms with Crippen molar-refractivity contribution in [1.29, 1.82) is 0 Å². The van der Waals surface area contributed by atoms with Crippen LogP contribution >= 0.6 is 0 Å². The molecule has 1 amide bonds. The molecule has 0 bridgehead atoms. The molecule has 112 valence electrons. The number of aliphatic hydroxyl groups is 1. The lowest BCUT2D eigenvalue weighted by Crippen LogP contribution is -2.47. The molecule has 0 radical (unpaired) electrons. The molecule has 1 aliphatic carbocycles. The fourth-order valence-corrected chi connectivity index (χ4v) is 2.52. The number of hydrogen-bond acceptors (Lipinski definition) is 4. The number of nitrogens with one attached hydrogen (secondary N) is 1. The Labute approximate surface area is 119 Å². The molecule has 0 aromatic carbocycles. The molecule has 1 heterocycles. The molecule has 1 aliphatic rings. The largest absolute Gasteiger partial charge is 0.444 e. The van der Waals surface area contributed by atoms with Crippen molar-refractivity contribution in [3.8, 4) is 0 Å². The molecule has 2 rings (SSSR count). The summed E-state index contributed by atoms with van der Waals surface area (Å²) in [5, 5.41) is 17.0. The molecular weight excluding hydrogens is 258 g/mol. The Hall–Kier alpha value is -1.56. The van der Waals surface area contributed by atoms with Gasteiger partial charge >= 0.3 is 6.09 Å². The highest BCUT2D eigenvalue weighted by molar-refractivity contribution is 5.68. The van der Waals surface area contributed by atoms with Crippen LogP contribution in [-0.2, 0) is 4.74 Å². The molecule has 0 saturated heterocycles. The minimum atomic E-state index is -0.514. The van der Waals surface area contributed by atoms with Gasteiger partial charge in [0.25, 0.3) is 0 Å². The van der Waals surface area contributed by atoms with Gasteiger partial charge in [0.05, 0.1) is 18.2 Å². The van der Waals surface area contributed by atoms with Crippen LogP contribution in [-0.4, -0.2) is 38.7 Å². The molecule has 1 aromatic rings. The lowest BCUT2D eigenvalue weighted by Gasteiger charge is -2.35. The number of carbonyl (C=O) groups excluding carboxylic acids is 1. The molecule has 0 aliphatic heterocycles. The van der Waals surface area contributed by atoms with Crippen molar-refractivity contribution < 1.29 is 14.6 Å². The highest BCUT2D eigenvalue weighted by atomic mass is 16.6. The maximum Gasteiger partial charge on any atom is 0.407 e. The molecular formula is C14H23N3O3. The minimum absolute atomic E-state index is 0.0405. The molecule has 3 atom stereocenters. The maximum atomic E-state index is 11.9. The first kappa shape index (κ1) is 14.8. The molecule has 1 aromatic heterocycles. The van der Waals surface area contributed by atoms with Gasteiger partial charge in [-0.25, -0.2) is 4.79 Å². The van der Waals surface area contributed by atoms with Crippen molar-refractivity contribution >= 4 is 6.09 Å². The van der Waals surface area contributed by atoms with E-state index < -0.39 is 11.7 Å². The number of aromatic nitrogens is 2. The molecule has 2 N–H and O–H groups in total. The summed E-state index contributed by atoms with van der Waals surface area (Å²) in [7, 11) is 0. The Balaban J connectivity index is 2.02. The SMILES string of the molecule is CC(C)(C)OC(=O)NC1CCC(O)CC1n1cccn1. The minimum Gasteiger partial charge on any atom is -0.444 e. The second kappa shape index (κ2) is 5.83. The highest BCUT2D eigenvalue weighted by Crippen LogP contribution is 2.28. The average Bonchev–Trinajstić information content (AvgIpc) is 2.82. The number of hydrogen-bond donors (Lipinski definition) is 2. The van der Waals surface area contributed by atoms with Crippen molar-refractivity contribution in [3.05, 3.63) is 18.5 Å². The van der Waals surface area contributed by atoms with Gasteiger partial charge in [0, 0.05) is 12.4 Å². The lowest BCUT2D eigenvalue weighted by molar-refractivity contribution is 0.0387. The third kappa shape index (κ3) is 3.96. The summed E-state index contributed by atoms with van der Waals surface area (Å²) in [6.45, 7) is 5.51. The first-order valence-corrected chi connectivity index (χ1v) is 7.02. The molecule has 20 heavy (non-hydrogen) atoms. The normalized spacial score (nSPS) is 27.1. The Kier molecular flexibility index (Phi) is 4.32. The van der Waals surface area contributed by atoms with E-state index in [1.165, 1.54) is 0 Å². The topological polar surface area (TPSA) is 76.4 Å². The van der Waals surface area contributed by atoms with E-state index in [1.54, 1.807) is 10.9 Å². The van der Waals surface area contributed by atoms with Crippen LogP contribution in [0.5, 0.6) is 0 Å². The smallest absolute Gasteiger partial charge is 0.407 e. The molecule has 3 unspecified atom stereocenters. The van der Waals surface area contributed by atoms with Gasteiger partial charge in [-0.3, -0.25) is 4.68 Å². The number of rotatable bonds is 2. The highest BCUT2D eigenvalue weighted by Gasteiger charge is 2.33. The Morgan fingerprint density at radius 2 is 2.20 bits per heavy atom. The van der Waals surface area contributed by atoms with E-state index in [4.69, 9.17) is 4.74 Å². The Bertz CT molecular complexity index is 439. The predicted molar refractivity (Wildman–Crippen MR) is 74.3 cm³/mol. The van der Waals surface area contributed by atoms with E-state index in [-0.39, 0.29) is 18.2 Å². The quantitative estimate of drug-likeness (QED) is 0.867. The van der Waals surface area contributed by atoms with Crippen molar-refractivity contribution in [2.75, 3.05) is 0 Å². The standard InChI is InChI=1S/C14H23N3O3/c1-14(2,3)20-13(19)16-11-6-5-10(18)9-12(11)17-8-4-7-15-17/h4,7-8,10-12,18H,5-6,9H2,1-3H3,(H,16,19). The van der Waals surface area contributed by atoms with Crippen LogP contribution in [0, 0.1) is 0 Å². The van der Waals surface area contributed by atoms with Gasteiger partial charge in [-0.1, -0.05) is 0 Å². The first-order chi connectivity index (χ1) is 9.35. The Morgan fingerprint density at radius 3 is 2.80 bits per heavy atom. The van der Waals surface area contributed by atoms with Crippen LogP contribution < -0.4 is 5.32 Å². The fourth-order valence-electron chi connectivity index (χ4n) is 2.52. The zero-order valence-electron chi connectivity index (χ0n) is 12.2. The zero-order valence-corrected chi connectivity index (χ0v) is 12.2. The number of aliphatic hydroxyl groups excluding tert-OH is 1. The van der Waals surface area contributed by atoms with Crippen LogP contribution in [0.2, 0.25) is 0 Å². The van der Waals surface area contributed by atoms with Gasteiger partial charge in [0.1, 0.15) is 5.60 Å². The average molecular weight is 281 g/mol. The van der Waals surface area contributed by atoms with Crippen molar-refractivity contribution in [3.63, 3.8) is 0 Å². The zero-order chi connectivity index (χ0) is 14.8. The van der Waals surface area contributed by atoms with Crippen molar-refractivity contribution in [2.45, 2.75) is 63.8 Å². The molecule has 1 fully saturated rings. The summed E-state index contributed by atoms with van der Waals surface area (Å²) < 4.78 is 7.09. The van der Waals surface area contributed by atoms with Crippen LogP contribution in [0.4, 0.5) is 4.79 Å². The molecule has 6 nitrogen and oxygen atoms in total. The maximum absolute atomic E-state index is 11.9. The van der Waals surface area contributed by atoms with Crippen molar-refractivity contribution in [2.24, 2.45) is 0 Å². The lowest BCUT2D eigenvalue weighted by atomic mass is 9.88. The third-order valence-corrected chi connectivity index (χ3v) is 3.36. The number of amides is 1. The third-order valence-electron chi connectivity index (χ3n) is 3.36. The molecule has 1 saturated carbocycles. The summed E-state index contributed by atoms with van der Waals surface area (Å²) in [5.41, 5.74) is -0.514. The van der Waals surface area contributed by atoms with E-state index in [0.29, 0.717) is 19.3 Å². The monoisotopic (exact) mass is 281 g/mol. The van der Waals surface area contributed by atoms with Gasteiger partial charge in [-0.05, 0) is 46.1 Å². The van der Waals surface area contributed by atoms with E-state index in [2.05, 4.69) is 10.4 Å². The van der Waals surface area contributed by atoms with Gasteiger partial charge in [-0.2, -0.15) is 5.10 Å². The Morgan fingerprint density at radius 1 is 1.45 bits per heavy atom. The van der Waals surface area contributed by atoms with Gasteiger partial charge < -0.3 is 15.2 Å². The summed E-state index contributed by atoms with van der Waals surface area (Å²) in [6, 6.07) is 1.72. The number of ether oxygens (including phenoxy) is 1. The van der Waals surface area contributed by atoms with Crippen molar-refractivity contribution in [1.82, 2.24) is 15.1 Å². The number of carbonyl (C=O) groups is 1. The van der Waals surface area contributed by atoms with Crippen LogP contribution in [0.25, 0.3) is 0 Å². The summed E-state index contributed by atoms with van der Waals surface area (Å²) >= 11 is 0. The summed E-state index contributed by atoms with van der Waals surface area (Å²) in [6.07, 6.45) is 4.76. The molecule has 6 heteroatoms. The summed E-state index contributed by atoms with van der Waals surface area (Å²) in [5.74, 6) is 0. The van der Waals surface area contributed by atoms with E-state index in [9.17, 15) is 9.90 Å². The van der Waals surface area contributed by atoms with E-state index in [1.807, 2.05) is 33.0 Å². The van der Waals surface area contributed by atoms with E-state index in [0.717, 1.165) is 0 Å². The van der Waals surface area contributed by atoms with Crippen LogP contribution in [0.15, 0.2) is 18.5 Å². The molecule has 0 spiro atoms. The van der Waals surface area contributed by atoms with Gasteiger partial charge in [-0.15, -0.1) is 0 Å². The van der Waals surface area contributed by atoms with Gasteiger partial charge in [0.15, 0.2) is 0 Å². The second-order valence-electron chi connectivity index (χ2n) is 6.27. The van der Waals surface area contributed by atoms with Crippen LogP contribution in [0.3, 0.4) is 0 Å².